The molecule has 3 aromatic heterocycles. The maximum absolute atomic E-state index is 14.0. The number of hydrogen-bond donors (Lipinski definition) is 1. The van der Waals surface area contributed by atoms with Gasteiger partial charge in [0, 0.05) is 18.1 Å². The summed E-state index contributed by atoms with van der Waals surface area (Å²) in [7, 11) is 0. The SMILES string of the molecule is Cc1cnc(-c2ccnc(C(C)(C)O)n2)cc1-n1c(C)cc(C2CC2c2cc(F)cc(C#N)c2)c(Cl)c1=O. The van der Waals surface area contributed by atoms with Crippen LogP contribution in [0.4, 0.5) is 4.39 Å². The molecule has 1 N–H and O–H groups in total. The zero-order valence-corrected chi connectivity index (χ0v) is 22.1. The zero-order chi connectivity index (χ0) is 27.4. The van der Waals surface area contributed by atoms with Crippen LogP contribution in [-0.2, 0) is 5.60 Å². The Morgan fingerprint density at radius 1 is 1.13 bits per heavy atom. The molecule has 1 saturated carbocycles. The van der Waals surface area contributed by atoms with Crippen molar-refractivity contribution in [1.82, 2.24) is 19.5 Å². The van der Waals surface area contributed by atoms with Gasteiger partial charge in [-0.2, -0.15) is 5.26 Å². The molecule has 0 amide bonds. The van der Waals surface area contributed by atoms with Gasteiger partial charge in [-0.3, -0.25) is 14.3 Å². The van der Waals surface area contributed by atoms with Crippen LogP contribution in [0.3, 0.4) is 0 Å². The van der Waals surface area contributed by atoms with E-state index >= 15 is 0 Å². The third-order valence-corrected chi connectivity index (χ3v) is 7.19. The molecule has 9 heteroatoms. The maximum atomic E-state index is 14.0. The summed E-state index contributed by atoms with van der Waals surface area (Å²) in [5, 5.41) is 19.6. The highest BCUT2D eigenvalue weighted by Crippen LogP contribution is 2.56. The lowest BCUT2D eigenvalue weighted by Crippen LogP contribution is -2.23. The topological polar surface area (TPSA) is 105 Å². The van der Waals surface area contributed by atoms with Gasteiger partial charge in [0.2, 0.25) is 0 Å². The van der Waals surface area contributed by atoms with Gasteiger partial charge in [0.1, 0.15) is 16.4 Å². The van der Waals surface area contributed by atoms with Crippen LogP contribution in [0.25, 0.3) is 17.1 Å². The average molecular weight is 530 g/mol. The molecule has 0 spiro atoms. The van der Waals surface area contributed by atoms with Gasteiger partial charge in [-0.25, -0.2) is 14.4 Å². The summed E-state index contributed by atoms with van der Waals surface area (Å²) >= 11 is 6.65. The molecule has 2 unspecified atom stereocenters. The first-order valence-corrected chi connectivity index (χ1v) is 12.5. The van der Waals surface area contributed by atoms with E-state index in [0.29, 0.717) is 29.2 Å². The summed E-state index contributed by atoms with van der Waals surface area (Å²) < 4.78 is 15.6. The third-order valence-electron chi connectivity index (χ3n) is 6.81. The van der Waals surface area contributed by atoms with Crippen LogP contribution in [0.15, 0.2) is 53.6 Å². The smallest absolute Gasteiger partial charge is 0.274 e. The van der Waals surface area contributed by atoms with Crippen LogP contribution in [0.2, 0.25) is 5.02 Å². The number of rotatable bonds is 5. The molecule has 0 aliphatic heterocycles. The third kappa shape index (κ3) is 4.71. The number of nitrogens with zero attached hydrogens (tertiary/aromatic N) is 5. The lowest BCUT2D eigenvalue weighted by molar-refractivity contribution is 0.0688. The number of aromatic nitrogens is 4. The minimum atomic E-state index is -1.22. The Kier molecular flexibility index (Phi) is 6.38. The van der Waals surface area contributed by atoms with Crippen molar-refractivity contribution >= 4 is 11.6 Å². The first-order chi connectivity index (χ1) is 18.0. The van der Waals surface area contributed by atoms with Crippen molar-refractivity contribution in [3.8, 4) is 23.1 Å². The van der Waals surface area contributed by atoms with Crippen LogP contribution in [0.1, 0.15) is 65.9 Å². The fourth-order valence-electron chi connectivity index (χ4n) is 4.79. The molecule has 192 valence electrons. The lowest BCUT2D eigenvalue weighted by Gasteiger charge is -2.17. The van der Waals surface area contributed by atoms with E-state index < -0.39 is 11.4 Å². The molecular weight excluding hydrogens is 505 g/mol. The van der Waals surface area contributed by atoms with E-state index in [2.05, 4.69) is 15.0 Å². The van der Waals surface area contributed by atoms with Crippen molar-refractivity contribution < 1.29 is 9.50 Å². The van der Waals surface area contributed by atoms with Crippen LogP contribution in [0, 0.1) is 31.0 Å². The molecule has 0 bridgehead atoms. The van der Waals surface area contributed by atoms with Crippen molar-refractivity contribution in [2.75, 3.05) is 0 Å². The molecule has 1 fully saturated rings. The number of aryl methyl sites for hydroxylation is 2. The van der Waals surface area contributed by atoms with Crippen molar-refractivity contribution in [3.63, 3.8) is 0 Å². The number of benzene rings is 1. The van der Waals surface area contributed by atoms with Gasteiger partial charge >= 0.3 is 0 Å². The van der Waals surface area contributed by atoms with E-state index in [0.717, 1.165) is 16.7 Å². The van der Waals surface area contributed by atoms with Gasteiger partial charge in [-0.15, -0.1) is 0 Å². The van der Waals surface area contributed by atoms with Gasteiger partial charge in [-0.05, 0) is 99.0 Å². The molecule has 7 nitrogen and oxygen atoms in total. The Morgan fingerprint density at radius 2 is 1.89 bits per heavy atom. The Balaban J connectivity index is 1.53. The van der Waals surface area contributed by atoms with Crippen molar-refractivity contribution in [2.45, 2.75) is 51.6 Å². The summed E-state index contributed by atoms with van der Waals surface area (Å²) in [6.45, 7) is 6.91. The van der Waals surface area contributed by atoms with E-state index in [4.69, 9.17) is 11.6 Å². The van der Waals surface area contributed by atoms with E-state index in [1.807, 2.05) is 26.0 Å². The summed E-state index contributed by atoms with van der Waals surface area (Å²) in [6.07, 6.45) is 3.94. The lowest BCUT2D eigenvalue weighted by atomic mass is 10.0. The predicted molar refractivity (Wildman–Crippen MR) is 142 cm³/mol. The summed E-state index contributed by atoms with van der Waals surface area (Å²) in [4.78, 5) is 26.7. The maximum Gasteiger partial charge on any atom is 0.274 e. The number of pyridine rings is 2. The van der Waals surface area contributed by atoms with Crippen molar-refractivity contribution in [3.05, 3.63) is 104 Å². The minimum Gasteiger partial charge on any atom is -0.382 e. The number of aliphatic hydroxyl groups is 1. The molecular formula is C29H25ClFN5O2. The predicted octanol–water partition coefficient (Wildman–Crippen LogP) is 5.47. The van der Waals surface area contributed by atoms with Crippen LogP contribution < -0.4 is 5.56 Å². The zero-order valence-electron chi connectivity index (χ0n) is 21.3. The fraction of sp³-hybridized carbons (Fsp3) is 0.276. The molecule has 1 aromatic carbocycles. The van der Waals surface area contributed by atoms with Gasteiger partial charge in [-0.1, -0.05) is 11.6 Å². The second kappa shape index (κ2) is 9.43. The molecule has 3 heterocycles. The van der Waals surface area contributed by atoms with E-state index in [1.165, 1.54) is 12.1 Å². The molecule has 38 heavy (non-hydrogen) atoms. The molecule has 0 radical (unpaired) electrons. The van der Waals surface area contributed by atoms with Crippen molar-refractivity contribution in [2.24, 2.45) is 0 Å². The van der Waals surface area contributed by atoms with Crippen LogP contribution in [0.5, 0.6) is 0 Å². The summed E-state index contributed by atoms with van der Waals surface area (Å²) in [6, 6.07) is 11.7. The summed E-state index contributed by atoms with van der Waals surface area (Å²) in [5.41, 5.74) is 3.25. The quantitative estimate of drug-likeness (QED) is 0.367. The Labute approximate surface area is 224 Å². The Morgan fingerprint density at radius 3 is 2.61 bits per heavy atom. The largest absolute Gasteiger partial charge is 0.382 e. The number of halogens is 2. The van der Waals surface area contributed by atoms with Gasteiger partial charge in [0.15, 0.2) is 5.82 Å². The summed E-state index contributed by atoms with van der Waals surface area (Å²) in [5.74, 6) is -0.238. The number of hydrogen-bond acceptors (Lipinski definition) is 6. The second-order valence-corrected chi connectivity index (χ2v) is 10.6. The Hall–Kier alpha value is -3.93. The van der Waals surface area contributed by atoms with E-state index in [1.54, 1.807) is 49.0 Å². The first-order valence-electron chi connectivity index (χ1n) is 12.1. The van der Waals surface area contributed by atoms with Gasteiger partial charge in [0.05, 0.1) is 28.7 Å². The molecule has 4 aromatic rings. The fourth-order valence-corrected chi connectivity index (χ4v) is 5.07. The van der Waals surface area contributed by atoms with Crippen LogP contribution in [-0.4, -0.2) is 24.6 Å². The van der Waals surface area contributed by atoms with Gasteiger partial charge in [0.25, 0.3) is 5.56 Å². The molecule has 1 aliphatic carbocycles. The standard InChI is InChI=1S/C29H25ClFN5O2/c1-15-14-34-24(23-5-6-33-28(35-23)29(3,4)38)12-25(15)36-16(2)7-22(26(30)27(36)37)21-11-20(21)18-8-17(13-32)9-19(31)10-18/h5-10,12,14,20-21,38H,11H2,1-4H3. The highest BCUT2D eigenvalue weighted by atomic mass is 35.5. The van der Waals surface area contributed by atoms with Crippen LogP contribution >= 0.6 is 11.6 Å². The second-order valence-electron chi connectivity index (χ2n) is 10.2. The highest BCUT2D eigenvalue weighted by molar-refractivity contribution is 6.31. The first kappa shape index (κ1) is 25.7. The average Bonchev–Trinajstić information content (AvgIpc) is 3.67. The molecule has 1 aliphatic rings. The van der Waals surface area contributed by atoms with Gasteiger partial charge < -0.3 is 5.11 Å². The molecule has 2 atom stereocenters. The minimum absolute atomic E-state index is 0.0121. The molecule has 0 saturated heterocycles. The van der Waals surface area contributed by atoms with E-state index in [9.17, 15) is 19.6 Å². The normalized spacial score (nSPS) is 16.8. The highest BCUT2D eigenvalue weighted by Gasteiger charge is 2.42. The Bertz CT molecular complexity index is 1690. The van der Waals surface area contributed by atoms with E-state index in [-0.39, 0.29) is 33.8 Å². The molecule has 5 rings (SSSR count). The van der Waals surface area contributed by atoms with Crippen molar-refractivity contribution in [1.29, 1.82) is 5.26 Å². The number of nitriles is 1. The monoisotopic (exact) mass is 529 g/mol.